The number of fused-ring (bicyclic) bond motifs is 1. The molecular formula is C18H20N4O3S. The van der Waals surface area contributed by atoms with E-state index in [1.54, 1.807) is 41.3 Å². The van der Waals surface area contributed by atoms with E-state index in [4.69, 9.17) is 4.74 Å². The van der Waals surface area contributed by atoms with Gasteiger partial charge in [-0.25, -0.2) is 8.42 Å². The fraction of sp³-hybridized carbons (Fsp3) is 0.333. The molecule has 0 saturated carbocycles. The van der Waals surface area contributed by atoms with Crippen LogP contribution in [0.3, 0.4) is 0 Å². The van der Waals surface area contributed by atoms with E-state index in [1.165, 1.54) is 4.31 Å². The minimum Gasteiger partial charge on any atom is -0.371 e. The smallest absolute Gasteiger partial charge is 0.243 e. The molecule has 26 heavy (non-hydrogen) atoms. The van der Waals surface area contributed by atoms with Crippen LogP contribution in [-0.4, -0.2) is 47.2 Å². The van der Waals surface area contributed by atoms with Crippen molar-refractivity contribution < 1.29 is 13.2 Å². The first-order valence-corrected chi connectivity index (χ1v) is 9.85. The van der Waals surface area contributed by atoms with Gasteiger partial charge in [-0.15, -0.1) is 0 Å². The number of sulfonamides is 1. The molecule has 0 N–H and O–H groups in total. The molecule has 1 saturated heterocycles. The van der Waals surface area contributed by atoms with Crippen molar-refractivity contribution in [3.05, 3.63) is 54.0 Å². The average molecular weight is 372 g/mol. The van der Waals surface area contributed by atoms with Gasteiger partial charge in [0.25, 0.3) is 0 Å². The normalized spacial score (nSPS) is 19.1. The molecule has 1 aromatic carbocycles. The van der Waals surface area contributed by atoms with E-state index in [0.29, 0.717) is 24.1 Å². The topological polar surface area (TPSA) is 77.3 Å². The van der Waals surface area contributed by atoms with Gasteiger partial charge in [0.2, 0.25) is 10.0 Å². The molecule has 3 heterocycles. The maximum atomic E-state index is 13.3. The Morgan fingerprint density at radius 2 is 2.12 bits per heavy atom. The lowest BCUT2D eigenvalue weighted by Gasteiger charge is -2.32. The Morgan fingerprint density at radius 1 is 1.27 bits per heavy atom. The lowest BCUT2D eigenvalue weighted by molar-refractivity contribution is -0.00257. The van der Waals surface area contributed by atoms with Crippen LogP contribution in [0.1, 0.15) is 17.2 Å². The maximum absolute atomic E-state index is 13.3. The van der Waals surface area contributed by atoms with Crippen molar-refractivity contribution in [2.75, 3.05) is 19.7 Å². The van der Waals surface area contributed by atoms with Gasteiger partial charge in [0, 0.05) is 43.5 Å². The van der Waals surface area contributed by atoms with Gasteiger partial charge in [-0.1, -0.05) is 6.07 Å². The molecule has 7 nitrogen and oxygen atoms in total. The monoisotopic (exact) mass is 372 g/mol. The number of rotatable bonds is 3. The van der Waals surface area contributed by atoms with Gasteiger partial charge in [0.05, 0.1) is 29.3 Å². The van der Waals surface area contributed by atoms with E-state index in [1.807, 2.05) is 20.2 Å². The standard InChI is InChI=1S/C18H20N4O3S/c1-13-5-6-17(15-4-3-7-19-18(13)15)26(23,24)22-8-9-25-16(12-22)14-10-20-21(2)11-14/h3-7,10-11,16H,8-9,12H2,1-2H3/t16-/m1/s1. The largest absolute Gasteiger partial charge is 0.371 e. The molecule has 2 aromatic heterocycles. The molecule has 3 aromatic rings. The van der Waals surface area contributed by atoms with Crippen molar-refractivity contribution >= 4 is 20.9 Å². The van der Waals surface area contributed by atoms with Gasteiger partial charge < -0.3 is 4.74 Å². The number of aromatic nitrogens is 3. The Kier molecular flexibility index (Phi) is 4.26. The summed E-state index contributed by atoms with van der Waals surface area (Å²) in [6.45, 7) is 2.87. The first-order chi connectivity index (χ1) is 12.5. The number of aryl methyl sites for hydroxylation is 2. The molecule has 4 rings (SSSR count). The molecule has 0 amide bonds. The molecular weight excluding hydrogens is 352 g/mol. The Hall–Kier alpha value is -2.29. The Balaban J connectivity index is 1.72. The van der Waals surface area contributed by atoms with Crippen LogP contribution in [0.5, 0.6) is 0 Å². The number of hydrogen-bond donors (Lipinski definition) is 0. The SMILES string of the molecule is Cc1ccc(S(=O)(=O)N2CCO[C@@H](c3cnn(C)c3)C2)c2cccnc12. The van der Waals surface area contributed by atoms with Crippen molar-refractivity contribution in [2.24, 2.45) is 7.05 Å². The van der Waals surface area contributed by atoms with Crippen molar-refractivity contribution in [3.63, 3.8) is 0 Å². The summed E-state index contributed by atoms with van der Waals surface area (Å²) >= 11 is 0. The summed E-state index contributed by atoms with van der Waals surface area (Å²) in [6, 6.07) is 7.05. The molecule has 136 valence electrons. The molecule has 1 fully saturated rings. The number of nitrogens with zero attached hydrogens (tertiary/aromatic N) is 4. The zero-order chi connectivity index (χ0) is 18.3. The Labute approximate surface area is 152 Å². The van der Waals surface area contributed by atoms with Gasteiger partial charge in [-0.3, -0.25) is 9.67 Å². The lowest BCUT2D eigenvalue weighted by atomic mass is 10.1. The van der Waals surface area contributed by atoms with Crippen molar-refractivity contribution in [1.29, 1.82) is 0 Å². The molecule has 1 atom stereocenters. The predicted octanol–water partition coefficient (Wildman–Crippen LogP) is 2.04. The van der Waals surface area contributed by atoms with E-state index in [9.17, 15) is 8.42 Å². The van der Waals surface area contributed by atoms with Gasteiger partial charge in [0.1, 0.15) is 0 Å². The Bertz CT molecular complexity index is 1060. The van der Waals surface area contributed by atoms with Gasteiger partial charge >= 0.3 is 0 Å². The minimum absolute atomic E-state index is 0.268. The first kappa shape index (κ1) is 17.1. The zero-order valence-corrected chi connectivity index (χ0v) is 15.5. The molecule has 1 aliphatic heterocycles. The fourth-order valence-electron chi connectivity index (χ4n) is 3.30. The quantitative estimate of drug-likeness (QED) is 0.703. The van der Waals surface area contributed by atoms with Crippen molar-refractivity contribution in [1.82, 2.24) is 19.1 Å². The van der Waals surface area contributed by atoms with Crippen LogP contribution in [0.25, 0.3) is 10.9 Å². The highest BCUT2D eigenvalue weighted by molar-refractivity contribution is 7.89. The van der Waals surface area contributed by atoms with Crippen LogP contribution < -0.4 is 0 Å². The summed E-state index contributed by atoms with van der Waals surface area (Å²) in [5.74, 6) is 0. The fourth-order valence-corrected chi connectivity index (χ4v) is 4.91. The highest BCUT2D eigenvalue weighted by atomic mass is 32.2. The van der Waals surface area contributed by atoms with Gasteiger partial charge in [-0.05, 0) is 30.7 Å². The number of ether oxygens (including phenoxy) is 1. The van der Waals surface area contributed by atoms with Crippen LogP contribution in [0.4, 0.5) is 0 Å². The molecule has 8 heteroatoms. The molecule has 0 spiro atoms. The lowest BCUT2D eigenvalue weighted by Crippen LogP contribution is -2.42. The highest BCUT2D eigenvalue weighted by Crippen LogP contribution is 2.30. The van der Waals surface area contributed by atoms with E-state index in [0.717, 1.165) is 11.1 Å². The van der Waals surface area contributed by atoms with E-state index in [2.05, 4.69) is 10.1 Å². The first-order valence-electron chi connectivity index (χ1n) is 8.41. The highest BCUT2D eigenvalue weighted by Gasteiger charge is 2.33. The summed E-state index contributed by atoms with van der Waals surface area (Å²) < 4.78 is 35.6. The van der Waals surface area contributed by atoms with Crippen LogP contribution in [0.15, 0.2) is 47.8 Å². The molecule has 0 radical (unpaired) electrons. The number of pyridine rings is 1. The van der Waals surface area contributed by atoms with E-state index < -0.39 is 10.0 Å². The summed E-state index contributed by atoms with van der Waals surface area (Å²) in [6.07, 6.45) is 4.93. The number of morpholine rings is 1. The summed E-state index contributed by atoms with van der Waals surface area (Å²) in [5, 5.41) is 4.80. The van der Waals surface area contributed by atoms with Crippen molar-refractivity contribution in [2.45, 2.75) is 17.9 Å². The average Bonchev–Trinajstić information content (AvgIpc) is 3.09. The second kappa shape index (κ2) is 6.46. The summed E-state index contributed by atoms with van der Waals surface area (Å²) in [4.78, 5) is 4.64. The third-order valence-electron chi connectivity index (χ3n) is 4.68. The summed E-state index contributed by atoms with van der Waals surface area (Å²) in [5.41, 5.74) is 2.54. The zero-order valence-electron chi connectivity index (χ0n) is 14.7. The summed E-state index contributed by atoms with van der Waals surface area (Å²) in [7, 11) is -1.83. The van der Waals surface area contributed by atoms with Crippen molar-refractivity contribution in [3.8, 4) is 0 Å². The third-order valence-corrected chi connectivity index (χ3v) is 6.60. The molecule has 1 aliphatic rings. The molecule has 0 bridgehead atoms. The van der Waals surface area contributed by atoms with E-state index >= 15 is 0 Å². The number of benzene rings is 1. The van der Waals surface area contributed by atoms with Crippen LogP contribution >= 0.6 is 0 Å². The third kappa shape index (κ3) is 2.90. The Morgan fingerprint density at radius 3 is 2.88 bits per heavy atom. The maximum Gasteiger partial charge on any atom is 0.243 e. The van der Waals surface area contributed by atoms with Crippen LogP contribution in [0, 0.1) is 6.92 Å². The minimum atomic E-state index is -3.65. The number of hydrogen-bond acceptors (Lipinski definition) is 5. The second-order valence-corrected chi connectivity index (χ2v) is 8.36. The van der Waals surface area contributed by atoms with Crippen LogP contribution in [0.2, 0.25) is 0 Å². The molecule has 0 aliphatic carbocycles. The second-order valence-electron chi connectivity index (χ2n) is 6.45. The van der Waals surface area contributed by atoms with Crippen LogP contribution in [-0.2, 0) is 21.8 Å². The predicted molar refractivity (Wildman–Crippen MR) is 97.1 cm³/mol. The molecule has 0 unspecified atom stereocenters. The van der Waals surface area contributed by atoms with Gasteiger partial charge in [0.15, 0.2) is 0 Å². The van der Waals surface area contributed by atoms with Gasteiger partial charge in [-0.2, -0.15) is 9.40 Å². The van der Waals surface area contributed by atoms with E-state index in [-0.39, 0.29) is 17.5 Å².